The standard InChI is InChI=1S/C21H23N5O6S/c1-12(2)31-16-7-5-6-15(29-3)20(16)33(27,28)26-21-13-10-18(30-4)14(11-17(13)32-25-21)23-19-8-9-22-24-19/h5-12H,1-4H3,(H,25,26)(H2,22,23,24). The summed E-state index contributed by atoms with van der Waals surface area (Å²) in [6.07, 6.45) is 1.35. The first-order chi connectivity index (χ1) is 15.8. The Bertz CT molecular complexity index is 1370. The highest BCUT2D eigenvalue weighted by Gasteiger charge is 2.28. The summed E-state index contributed by atoms with van der Waals surface area (Å²) in [5.41, 5.74) is 0.923. The number of hydrogen-bond donors (Lipinski definition) is 3. The molecule has 0 bridgehead atoms. The Morgan fingerprint density at radius 3 is 2.48 bits per heavy atom. The summed E-state index contributed by atoms with van der Waals surface area (Å²) >= 11 is 0. The van der Waals surface area contributed by atoms with Crippen molar-refractivity contribution in [3.05, 3.63) is 42.6 Å². The zero-order chi connectivity index (χ0) is 23.6. The lowest BCUT2D eigenvalue weighted by molar-refractivity contribution is 0.233. The fourth-order valence-corrected chi connectivity index (χ4v) is 4.52. The molecule has 2 heterocycles. The maximum Gasteiger partial charge on any atom is 0.270 e. The van der Waals surface area contributed by atoms with Gasteiger partial charge in [-0.1, -0.05) is 11.2 Å². The number of methoxy groups -OCH3 is 2. The van der Waals surface area contributed by atoms with Crippen LogP contribution >= 0.6 is 0 Å². The van der Waals surface area contributed by atoms with E-state index in [1.165, 1.54) is 14.2 Å². The highest BCUT2D eigenvalue weighted by molar-refractivity contribution is 7.93. The average Bonchev–Trinajstić information content (AvgIpc) is 3.42. The van der Waals surface area contributed by atoms with Crippen molar-refractivity contribution in [2.24, 2.45) is 0 Å². The van der Waals surface area contributed by atoms with Gasteiger partial charge in [-0.3, -0.25) is 9.82 Å². The zero-order valence-electron chi connectivity index (χ0n) is 18.4. The molecule has 2 aromatic heterocycles. The number of sulfonamides is 1. The van der Waals surface area contributed by atoms with Crippen molar-refractivity contribution in [1.29, 1.82) is 0 Å². The van der Waals surface area contributed by atoms with E-state index in [9.17, 15) is 8.42 Å². The average molecular weight is 474 g/mol. The van der Waals surface area contributed by atoms with Crippen LogP contribution in [0, 0.1) is 0 Å². The topological polar surface area (TPSA) is 141 Å². The van der Waals surface area contributed by atoms with E-state index in [1.54, 1.807) is 56.4 Å². The van der Waals surface area contributed by atoms with Gasteiger partial charge < -0.3 is 24.1 Å². The summed E-state index contributed by atoms with van der Waals surface area (Å²) < 4.78 is 51.0. The maximum atomic E-state index is 13.4. The van der Waals surface area contributed by atoms with Crippen LogP contribution in [-0.2, 0) is 10.0 Å². The Kier molecular flexibility index (Phi) is 6.01. The van der Waals surface area contributed by atoms with Crippen LogP contribution in [-0.4, -0.2) is 44.1 Å². The molecule has 4 aromatic rings. The molecule has 33 heavy (non-hydrogen) atoms. The molecular weight excluding hydrogens is 450 g/mol. The van der Waals surface area contributed by atoms with Crippen LogP contribution in [0.25, 0.3) is 11.0 Å². The van der Waals surface area contributed by atoms with Crippen LogP contribution < -0.4 is 24.2 Å². The molecule has 0 saturated carbocycles. The van der Waals surface area contributed by atoms with Gasteiger partial charge in [-0.25, -0.2) is 8.42 Å². The summed E-state index contributed by atoms with van der Waals surface area (Å²) in [5, 5.41) is 14.1. The second-order valence-electron chi connectivity index (χ2n) is 7.23. The lowest BCUT2D eigenvalue weighted by Crippen LogP contribution is -2.17. The van der Waals surface area contributed by atoms with Gasteiger partial charge in [0.25, 0.3) is 10.0 Å². The maximum absolute atomic E-state index is 13.4. The molecule has 3 N–H and O–H groups in total. The highest BCUT2D eigenvalue weighted by Crippen LogP contribution is 2.38. The first-order valence-corrected chi connectivity index (χ1v) is 11.4. The molecule has 2 aromatic carbocycles. The van der Waals surface area contributed by atoms with E-state index in [-0.39, 0.29) is 28.3 Å². The number of hydrogen-bond acceptors (Lipinski definition) is 9. The Morgan fingerprint density at radius 1 is 1.06 bits per heavy atom. The monoisotopic (exact) mass is 473 g/mol. The zero-order valence-corrected chi connectivity index (χ0v) is 19.2. The lowest BCUT2D eigenvalue weighted by atomic mass is 10.2. The predicted molar refractivity (Wildman–Crippen MR) is 122 cm³/mol. The van der Waals surface area contributed by atoms with Gasteiger partial charge >= 0.3 is 0 Å². The molecular formula is C21H23N5O6S. The van der Waals surface area contributed by atoms with E-state index < -0.39 is 10.0 Å². The number of rotatable bonds is 9. The Morgan fingerprint density at radius 2 is 1.82 bits per heavy atom. The normalized spacial score (nSPS) is 11.5. The van der Waals surface area contributed by atoms with Gasteiger partial charge in [-0.05, 0) is 32.0 Å². The fraction of sp³-hybridized carbons (Fsp3) is 0.238. The summed E-state index contributed by atoms with van der Waals surface area (Å²) in [5.74, 6) is 1.38. The summed E-state index contributed by atoms with van der Waals surface area (Å²) in [6.45, 7) is 3.60. The van der Waals surface area contributed by atoms with E-state index in [1.807, 2.05) is 0 Å². The van der Waals surface area contributed by atoms with Crippen LogP contribution in [0.1, 0.15) is 13.8 Å². The first kappa shape index (κ1) is 22.3. The summed E-state index contributed by atoms with van der Waals surface area (Å²) in [7, 11) is -1.27. The highest BCUT2D eigenvalue weighted by atomic mass is 32.2. The molecule has 12 heteroatoms. The van der Waals surface area contributed by atoms with Crippen LogP contribution in [0.2, 0.25) is 0 Å². The Hall–Kier alpha value is -3.93. The van der Waals surface area contributed by atoms with Gasteiger partial charge in [0.1, 0.15) is 23.1 Å². The quantitative estimate of drug-likeness (QED) is 0.330. The van der Waals surface area contributed by atoms with Crippen LogP contribution in [0.5, 0.6) is 17.2 Å². The van der Waals surface area contributed by atoms with Gasteiger partial charge in [0.2, 0.25) is 0 Å². The van der Waals surface area contributed by atoms with E-state index in [0.717, 1.165) is 0 Å². The van der Waals surface area contributed by atoms with E-state index in [0.29, 0.717) is 28.2 Å². The number of benzene rings is 2. The van der Waals surface area contributed by atoms with Gasteiger partial charge in [-0.2, -0.15) is 5.10 Å². The minimum Gasteiger partial charge on any atom is -0.495 e. The van der Waals surface area contributed by atoms with Crippen molar-refractivity contribution < 1.29 is 27.2 Å². The van der Waals surface area contributed by atoms with Crippen molar-refractivity contribution in [2.75, 3.05) is 24.3 Å². The molecule has 0 aliphatic carbocycles. The Labute approximate surface area is 190 Å². The molecule has 4 rings (SSSR count). The smallest absolute Gasteiger partial charge is 0.270 e. The SMILES string of the molecule is COc1cc2c(NS(=O)(=O)c3c(OC)cccc3OC(C)C)noc2cc1Nc1ccn[nH]1. The number of fused-ring (bicyclic) bond motifs is 1. The number of anilines is 3. The molecule has 11 nitrogen and oxygen atoms in total. The minimum absolute atomic E-state index is 0.00204. The van der Waals surface area contributed by atoms with E-state index in [2.05, 4.69) is 25.4 Å². The second kappa shape index (κ2) is 8.90. The van der Waals surface area contributed by atoms with E-state index >= 15 is 0 Å². The molecule has 0 aliphatic heterocycles. The Balaban J connectivity index is 1.74. The van der Waals surface area contributed by atoms with Gasteiger partial charge in [-0.15, -0.1) is 0 Å². The number of ether oxygens (including phenoxy) is 3. The van der Waals surface area contributed by atoms with Gasteiger partial charge in [0, 0.05) is 12.1 Å². The van der Waals surface area contributed by atoms with Crippen molar-refractivity contribution >= 4 is 38.3 Å². The third-order valence-electron chi connectivity index (χ3n) is 4.59. The minimum atomic E-state index is -4.16. The number of aromatic amines is 1. The summed E-state index contributed by atoms with van der Waals surface area (Å²) in [4.78, 5) is -0.137. The summed E-state index contributed by atoms with van der Waals surface area (Å²) in [6, 6.07) is 9.77. The molecule has 0 aliphatic rings. The number of H-pyrrole nitrogens is 1. The molecule has 0 amide bonds. The number of nitrogens with zero attached hydrogens (tertiary/aromatic N) is 2. The largest absolute Gasteiger partial charge is 0.495 e. The molecule has 0 radical (unpaired) electrons. The molecule has 0 unspecified atom stereocenters. The lowest BCUT2D eigenvalue weighted by Gasteiger charge is -2.17. The fourth-order valence-electron chi connectivity index (χ4n) is 3.22. The van der Waals surface area contributed by atoms with Gasteiger partial charge in [0.05, 0.1) is 37.6 Å². The van der Waals surface area contributed by atoms with Crippen molar-refractivity contribution in [3.63, 3.8) is 0 Å². The first-order valence-electron chi connectivity index (χ1n) is 9.92. The van der Waals surface area contributed by atoms with Crippen LogP contribution in [0.3, 0.4) is 0 Å². The number of aromatic nitrogens is 3. The molecule has 174 valence electrons. The molecule has 0 saturated heterocycles. The molecule has 0 fully saturated rings. The van der Waals surface area contributed by atoms with Crippen molar-refractivity contribution in [1.82, 2.24) is 15.4 Å². The third-order valence-corrected chi connectivity index (χ3v) is 5.99. The predicted octanol–water partition coefficient (Wildman–Crippen LogP) is 3.90. The van der Waals surface area contributed by atoms with Crippen molar-refractivity contribution in [2.45, 2.75) is 24.8 Å². The third kappa shape index (κ3) is 4.51. The molecule has 0 atom stereocenters. The van der Waals surface area contributed by atoms with Gasteiger partial charge in [0.15, 0.2) is 16.3 Å². The van der Waals surface area contributed by atoms with Crippen molar-refractivity contribution in [3.8, 4) is 17.2 Å². The van der Waals surface area contributed by atoms with Crippen LogP contribution in [0.4, 0.5) is 17.3 Å². The van der Waals surface area contributed by atoms with Crippen LogP contribution in [0.15, 0.2) is 52.0 Å². The molecule has 0 spiro atoms. The van der Waals surface area contributed by atoms with E-state index in [4.69, 9.17) is 18.7 Å². The number of nitrogens with one attached hydrogen (secondary N) is 3. The second-order valence-corrected chi connectivity index (χ2v) is 8.85.